The lowest BCUT2D eigenvalue weighted by Crippen LogP contribution is -2.23. The highest BCUT2D eigenvalue weighted by Gasteiger charge is 2.21. The van der Waals surface area contributed by atoms with E-state index in [0.29, 0.717) is 23.1 Å². The van der Waals surface area contributed by atoms with Gasteiger partial charge in [0, 0.05) is 23.8 Å². The maximum atomic E-state index is 4.98. The molecule has 1 aliphatic rings. The number of aromatic amines is 2. The van der Waals surface area contributed by atoms with E-state index < -0.39 is 0 Å². The van der Waals surface area contributed by atoms with Crippen molar-refractivity contribution in [1.29, 1.82) is 0 Å². The van der Waals surface area contributed by atoms with Crippen molar-refractivity contribution in [3.8, 4) is 22.9 Å². The van der Waals surface area contributed by atoms with Gasteiger partial charge in [0.25, 0.3) is 0 Å². The Balaban J connectivity index is 1.37. The quantitative estimate of drug-likeness (QED) is 0.215. The van der Waals surface area contributed by atoms with Crippen molar-refractivity contribution >= 4 is 27.6 Å². The molecule has 1 aliphatic carbocycles. The van der Waals surface area contributed by atoms with Gasteiger partial charge >= 0.3 is 0 Å². The summed E-state index contributed by atoms with van der Waals surface area (Å²) < 4.78 is 0. The lowest BCUT2D eigenvalue weighted by molar-refractivity contribution is 0.356. The maximum absolute atomic E-state index is 4.98. The van der Waals surface area contributed by atoms with Gasteiger partial charge in [0.2, 0.25) is 0 Å². The van der Waals surface area contributed by atoms with Gasteiger partial charge in [-0.05, 0) is 73.7 Å². The van der Waals surface area contributed by atoms with Gasteiger partial charge in [-0.3, -0.25) is 15.1 Å². The molecule has 1 fully saturated rings. The molecular weight excluding hydrogens is 472 g/mol. The zero-order valence-electron chi connectivity index (χ0n) is 21.2. The van der Waals surface area contributed by atoms with Crippen molar-refractivity contribution in [2.75, 3.05) is 0 Å². The molecule has 5 aromatic heterocycles. The van der Waals surface area contributed by atoms with Gasteiger partial charge in [-0.2, -0.15) is 5.10 Å². The molecular formula is C30H28N8. The van der Waals surface area contributed by atoms with Gasteiger partial charge in [-0.15, -0.1) is 0 Å². The Morgan fingerprint density at radius 2 is 1.87 bits per heavy atom. The summed E-state index contributed by atoms with van der Waals surface area (Å²) in [6.45, 7) is 10.2. The summed E-state index contributed by atoms with van der Waals surface area (Å²) in [5.74, 6) is 1.15. The van der Waals surface area contributed by atoms with E-state index in [1.54, 1.807) is 12.4 Å². The summed E-state index contributed by atoms with van der Waals surface area (Å²) in [5.41, 5.74) is 9.00. The molecule has 38 heavy (non-hydrogen) atoms. The number of allylic oxidation sites excluding steroid dienone is 5. The average Bonchev–Trinajstić information content (AvgIpc) is 3.54. The molecule has 0 bridgehead atoms. The van der Waals surface area contributed by atoms with Crippen LogP contribution in [-0.4, -0.2) is 35.1 Å². The molecule has 0 spiro atoms. The second kappa shape index (κ2) is 9.89. The second-order valence-electron chi connectivity index (χ2n) is 9.35. The fourth-order valence-corrected chi connectivity index (χ4v) is 4.63. The minimum absolute atomic E-state index is 0.535. The number of hydrogen-bond donors (Lipinski definition) is 3. The Morgan fingerprint density at radius 3 is 2.61 bits per heavy atom. The van der Waals surface area contributed by atoms with Crippen molar-refractivity contribution in [1.82, 2.24) is 40.4 Å². The monoisotopic (exact) mass is 500 g/mol. The number of imidazole rings is 1. The van der Waals surface area contributed by atoms with Crippen LogP contribution in [0.5, 0.6) is 0 Å². The largest absolute Gasteiger partial charge is 0.359 e. The van der Waals surface area contributed by atoms with Gasteiger partial charge in [-0.25, -0.2) is 9.97 Å². The van der Waals surface area contributed by atoms with E-state index in [1.807, 2.05) is 55.5 Å². The third-order valence-corrected chi connectivity index (χ3v) is 6.98. The van der Waals surface area contributed by atoms with E-state index in [1.165, 1.54) is 19.3 Å². The summed E-state index contributed by atoms with van der Waals surface area (Å²) in [6, 6.07) is 11.6. The number of nitrogens with one attached hydrogen (secondary N) is 3. The molecule has 0 atom stereocenters. The summed E-state index contributed by atoms with van der Waals surface area (Å²) >= 11 is 0. The predicted octanol–water partition coefficient (Wildman–Crippen LogP) is 6.33. The van der Waals surface area contributed by atoms with Crippen LogP contribution >= 0.6 is 0 Å². The van der Waals surface area contributed by atoms with E-state index in [9.17, 15) is 0 Å². The molecule has 1 saturated carbocycles. The van der Waals surface area contributed by atoms with Crippen LogP contribution in [0, 0.1) is 5.92 Å². The Bertz CT molecular complexity index is 1720. The zero-order valence-corrected chi connectivity index (χ0v) is 21.2. The third kappa shape index (κ3) is 4.30. The van der Waals surface area contributed by atoms with Gasteiger partial charge in [0.1, 0.15) is 16.7 Å². The Kier molecular flexibility index (Phi) is 6.13. The first kappa shape index (κ1) is 23.5. The van der Waals surface area contributed by atoms with Crippen LogP contribution in [0.15, 0.2) is 91.6 Å². The highest BCUT2D eigenvalue weighted by atomic mass is 15.2. The number of rotatable bonds is 8. The number of nitrogens with zero attached hydrogens (tertiary/aromatic N) is 5. The average molecular weight is 501 g/mol. The molecule has 188 valence electrons. The first-order valence-corrected chi connectivity index (χ1v) is 12.7. The molecule has 0 aliphatic heterocycles. The summed E-state index contributed by atoms with van der Waals surface area (Å²) in [5, 5.41) is 11.1. The van der Waals surface area contributed by atoms with Crippen LogP contribution < -0.4 is 5.32 Å². The highest BCUT2D eigenvalue weighted by Crippen LogP contribution is 2.32. The molecule has 5 aromatic rings. The van der Waals surface area contributed by atoms with Crippen molar-refractivity contribution in [2.45, 2.75) is 26.2 Å². The topological polar surface area (TPSA) is 108 Å². The number of H-pyrrole nitrogens is 2. The van der Waals surface area contributed by atoms with Crippen LogP contribution in [-0.2, 0) is 0 Å². The lowest BCUT2D eigenvalue weighted by Gasteiger charge is -2.28. The molecule has 0 radical (unpaired) electrons. The SMILES string of the molecule is C=C/C(=C\C(=C/C)c1ccc2[nH]nc(-c3nc4c(-c5ccccn5)nccc4[nH]3)c2n1)NC(=C)C1CCC1. The molecule has 5 heterocycles. The van der Waals surface area contributed by atoms with Crippen LogP contribution in [0.25, 0.3) is 50.5 Å². The van der Waals surface area contributed by atoms with E-state index in [2.05, 4.69) is 49.7 Å². The van der Waals surface area contributed by atoms with Crippen LogP contribution in [0.3, 0.4) is 0 Å². The fourth-order valence-electron chi connectivity index (χ4n) is 4.63. The molecule has 0 aromatic carbocycles. The second-order valence-corrected chi connectivity index (χ2v) is 9.35. The molecule has 3 N–H and O–H groups in total. The third-order valence-electron chi connectivity index (χ3n) is 6.98. The van der Waals surface area contributed by atoms with Crippen molar-refractivity contribution in [2.24, 2.45) is 5.92 Å². The molecule has 8 heteroatoms. The number of hydrogen-bond acceptors (Lipinski definition) is 6. The zero-order chi connectivity index (χ0) is 26.1. The Morgan fingerprint density at radius 1 is 1.00 bits per heavy atom. The van der Waals surface area contributed by atoms with Gasteiger partial charge in [-0.1, -0.05) is 31.7 Å². The maximum Gasteiger partial charge on any atom is 0.161 e. The van der Waals surface area contributed by atoms with E-state index >= 15 is 0 Å². The lowest BCUT2D eigenvalue weighted by atomic mass is 9.83. The summed E-state index contributed by atoms with van der Waals surface area (Å²) in [6.07, 6.45) is 13.1. The van der Waals surface area contributed by atoms with Crippen LogP contribution in [0.1, 0.15) is 31.9 Å². The van der Waals surface area contributed by atoms with Crippen LogP contribution in [0.4, 0.5) is 0 Å². The minimum atomic E-state index is 0.535. The van der Waals surface area contributed by atoms with Crippen LogP contribution in [0.2, 0.25) is 0 Å². The van der Waals surface area contributed by atoms with Gasteiger partial charge < -0.3 is 10.3 Å². The summed E-state index contributed by atoms with van der Waals surface area (Å²) in [7, 11) is 0. The summed E-state index contributed by atoms with van der Waals surface area (Å²) in [4.78, 5) is 22.2. The van der Waals surface area contributed by atoms with E-state index in [4.69, 9.17) is 9.97 Å². The first-order valence-electron chi connectivity index (χ1n) is 12.7. The number of fused-ring (bicyclic) bond motifs is 2. The predicted molar refractivity (Wildman–Crippen MR) is 152 cm³/mol. The minimum Gasteiger partial charge on any atom is -0.359 e. The van der Waals surface area contributed by atoms with Gasteiger partial charge in [0.05, 0.1) is 22.4 Å². The molecule has 0 amide bonds. The van der Waals surface area contributed by atoms with Crippen molar-refractivity contribution in [3.63, 3.8) is 0 Å². The number of aromatic nitrogens is 7. The fraction of sp³-hybridized carbons (Fsp3) is 0.167. The molecule has 0 unspecified atom stereocenters. The van der Waals surface area contributed by atoms with E-state index in [0.717, 1.165) is 50.4 Å². The van der Waals surface area contributed by atoms with Crippen molar-refractivity contribution in [3.05, 3.63) is 97.3 Å². The van der Waals surface area contributed by atoms with E-state index in [-0.39, 0.29) is 0 Å². The molecule has 8 nitrogen and oxygen atoms in total. The molecule has 0 saturated heterocycles. The smallest absolute Gasteiger partial charge is 0.161 e. The van der Waals surface area contributed by atoms with Gasteiger partial charge in [0.15, 0.2) is 11.5 Å². The normalized spacial score (nSPS) is 14.6. The standard InChI is InChI=1S/C30H28N8/c1-4-19(17-21(5-2)33-18(3)20-9-8-10-20)22-12-13-25-28(34-22)29(38-37-25)30-35-24-14-16-32-26(27(24)36-30)23-11-6-7-15-31-23/h4-7,11-17,20,33H,2-3,8-10H2,1H3,(H,35,36)(H,37,38)/b19-4+,21-17+. The van der Waals surface area contributed by atoms with Crippen molar-refractivity contribution < 1.29 is 0 Å². The highest BCUT2D eigenvalue weighted by molar-refractivity contribution is 5.94. The Labute approximate surface area is 220 Å². The number of pyridine rings is 3. The first-order chi connectivity index (χ1) is 18.6. The Hall–Kier alpha value is -4.85. The molecule has 6 rings (SSSR count).